The Kier molecular flexibility index (Phi) is 6.10. The van der Waals surface area contributed by atoms with Gasteiger partial charge in [-0.15, -0.1) is 0 Å². The topological polar surface area (TPSA) is 124 Å². The van der Waals surface area contributed by atoms with E-state index in [-0.39, 0.29) is 11.5 Å². The van der Waals surface area contributed by atoms with Crippen LogP contribution in [-0.2, 0) is 24.8 Å². The number of carbonyl (C=O) groups is 1. The lowest BCUT2D eigenvalue weighted by Gasteiger charge is -2.08. The summed E-state index contributed by atoms with van der Waals surface area (Å²) in [4.78, 5) is 21.9. The summed E-state index contributed by atoms with van der Waals surface area (Å²) in [6.45, 7) is 1.42. The van der Waals surface area contributed by atoms with E-state index in [0.717, 1.165) is 40.8 Å². The fourth-order valence-corrected chi connectivity index (χ4v) is 4.98. The lowest BCUT2D eigenvalue weighted by molar-refractivity contribution is -0.192. The third kappa shape index (κ3) is 4.14. The average molecular weight is 530 g/mol. The number of benzene rings is 2. The summed E-state index contributed by atoms with van der Waals surface area (Å²) >= 11 is 0. The number of aryl methyl sites for hydroxylation is 1. The number of fused-ring (bicyclic) bond motifs is 4. The molecule has 0 saturated carbocycles. The van der Waals surface area contributed by atoms with Crippen LogP contribution in [0.15, 0.2) is 53.5 Å². The van der Waals surface area contributed by atoms with Crippen LogP contribution in [0.2, 0.25) is 0 Å². The molecule has 198 valence electrons. The van der Waals surface area contributed by atoms with Crippen LogP contribution >= 0.6 is 0 Å². The highest BCUT2D eigenvalue weighted by Crippen LogP contribution is 2.38. The van der Waals surface area contributed by atoms with Crippen LogP contribution in [0.4, 0.5) is 17.6 Å². The summed E-state index contributed by atoms with van der Waals surface area (Å²) < 4.78 is 51.6. The van der Waals surface area contributed by atoms with E-state index in [1.807, 2.05) is 36.0 Å². The van der Waals surface area contributed by atoms with Crippen LogP contribution in [0.3, 0.4) is 0 Å². The molecule has 2 aromatic carbocycles. The minimum Gasteiger partial charge on any atom is -0.475 e. The second-order valence-electron chi connectivity index (χ2n) is 9.03. The van der Waals surface area contributed by atoms with Crippen molar-refractivity contribution in [3.63, 3.8) is 0 Å². The van der Waals surface area contributed by atoms with Gasteiger partial charge in [-0.1, -0.05) is 18.2 Å². The molecule has 0 saturated heterocycles. The van der Waals surface area contributed by atoms with Crippen molar-refractivity contribution in [2.75, 3.05) is 6.54 Å². The predicted molar refractivity (Wildman–Crippen MR) is 131 cm³/mol. The van der Waals surface area contributed by atoms with Crippen LogP contribution in [0.25, 0.3) is 38.9 Å². The van der Waals surface area contributed by atoms with Gasteiger partial charge in [0.05, 0.1) is 11.2 Å². The van der Waals surface area contributed by atoms with E-state index in [9.17, 15) is 22.4 Å². The number of aromatic nitrogens is 5. The summed E-state index contributed by atoms with van der Waals surface area (Å²) in [5, 5.41) is 15.8. The number of H-pyrrole nitrogens is 1. The van der Waals surface area contributed by atoms with E-state index in [2.05, 4.69) is 20.8 Å². The lowest BCUT2D eigenvalue weighted by Crippen LogP contribution is -2.21. The normalized spacial score (nSPS) is 15.1. The molecule has 0 spiro atoms. The maximum Gasteiger partial charge on any atom is 0.490 e. The number of nitrogens with two attached hydrogens (primary N) is 1. The number of aromatic amines is 1. The first-order valence-electron chi connectivity index (χ1n) is 11.5. The zero-order chi connectivity index (χ0) is 27.4. The van der Waals surface area contributed by atoms with Gasteiger partial charge in [0.1, 0.15) is 5.82 Å². The second kappa shape index (κ2) is 9.17. The van der Waals surface area contributed by atoms with Crippen LogP contribution in [0.5, 0.6) is 0 Å². The zero-order valence-corrected chi connectivity index (χ0v) is 20.0. The Morgan fingerprint density at radius 1 is 1.18 bits per heavy atom. The molecule has 0 bridgehead atoms. The lowest BCUT2D eigenvalue weighted by atomic mass is 10.1. The van der Waals surface area contributed by atoms with Gasteiger partial charge in [-0.25, -0.2) is 23.6 Å². The molecule has 5 aromatic rings. The van der Waals surface area contributed by atoms with Crippen molar-refractivity contribution >= 4 is 27.8 Å². The molecule has 0 aliphatic carbocycles. The van der Waals surface area contributed by atoms with Gasteiger partial charge in [0, 0.05) is 47.3 Å². The third-order valence-electron chi connectivity index (χ3n) is 6.64. The van der Waals surface area contributed by atoms with Crippen molar-refractivity contribution < 1.29 is 27.5 Å². The Morgan fingerprint density at radius 3 is 2.58 bits per heavy atom. The SMILES string of the molecule is Cn1cc(-c2n[nH]c(=O)n2-c2c3n(c4ccccc24)CC(CN)C3)c2cc(F)ccc21.O=C(O)C(F)(F)F. The van der Waals surface area contributed by atoms with Crippen molar-refractivity contribution in [2.45, 2.75) is 19.1 Å². The summed E-state index contributed by atoms with van der Waals surface area (Å²) in [6, 6.07) is 12.7. The number of carboxylic acids is 1. The number of hydrogen-bond donors (Lipinski definition) is 3. The molecule has 1 aliphatic rings. The largest absolute Gasteiger partial charge is 0.490 e. The number of aliphatic carboxylic acids is 1. The van der Waals surface area contributed by atoms with E-state index >= 15 is 0 Å². The Balaban J connectivity index is 0.000000374. The van der Waals surface area contributed by atoms with E-state index < -0.39 is 12.1 Å². The van der Waals surface area contributed by atoms with Gasteiger partial charge in [-0.3, -0.25) is 0 Å². The van der Waals surface area contributed by atoms with Crippen molar-refractivity contribution in [3.05, 3.63) is 70.7 Å². The number of nitrogens with one attached hydrogen (secondary N) is 1. The Hall–Kier alpha value is -4.39. The molecule has 3 aromatic heterocycles. The summed E-state index contributed by atoms with van der Waals surface area (Å²) in [5.41, 5.74) is 10.2. The molecular formula is C25H22F4N6O3. The molecule has 1 unspecified atom stereocenters. The molecule has 9 nitrogen and oxygen atoms in total. The highest BCUT2D eigenvalue weighted by atomic mass is 19.4. The number of para-hydroxylation sites is 1. The van der Waals surface area contributed by atoms with Crippen molar-refractivity contribution in [3.8, 4) is 17.1 Å². The average Bonchev–Trinajstić information content (AvgIpc) is 3.60. The van der Waals surface area contributed by atoms with Gasteiger partial charge >= 0.3 is 17.8 Å². The van der Waals surface area contributed by atoms with E-state index in [1.165, 1.54) is 12.1 Å². The van der Waals surface area contributed by atoms with Crippen molar-refractivity contribution in [1.29, 1.82) is 0 Å². The van der Waals surface area contributed by atoms with Gasteiger partial charge in [-0.05, 0) is 43.1 Å². The van der Waals surface area contributed by atoms with Crippen LogP contribution < -0.4 is 11.4 Å². The molecule has 38 heavy (non-hydrogen) atoms. The monoisotopic (exact) mass is 530 g/mol. The van der Waals surface area contributed by atoms with E-state index in [1.54, 1.807) is 10.6 Å². The highest BCUT2D eigenvalue weighted by molar-refractivity contribution is 5.96. The Bertz CT molecular complexity index is 1740. The molecule has 0 fully saturated rings. The molecule has 1 atom stereocenters. The fraction of sp³-hybridized carbons (Fsp3) is 0.240. The number of carboxylic acid groups (broad SMARTS) is 1. The Morgan fingerprint density at radius 2 is 1.89 bits per heavy atom. The van der Waals surface area contributed by atoms with Gasteiger partial charge in [0.2, 0.25) is 0 Å². The predicted octanol–water partition coefficient (Wildman–Crippen LogP) is 3.58. The number of rotatable bonds is 3. The van der Waals surface area contributed by atoms with E-state index in [0.29, 0.717) is 29.2 Å². The Labute approximate surface area is 211 Å². The number of nitrogens with zero attached hydrogens (tertiary/aromatic N) is 4. The standard InChI is InChI=1S/C23H21FN6O.C2HF3O2/c1-28-12-17(16-9-14(24)6-7-18(16)28)22-26-27-23(31)30(22)21-15-4-2-3-5-19(15)29-11-13(10-25)8-20(21)29;3-2(4,5)1(6)7/h2-7,9,12-13H,8,10-11,25H2,1H3,(H,27,31);(H,6,7). The summed E-state index contributed by atoms with van der Waals surface area (Å²) in [7, 11) is 1.90. The second-order valence-corrected chi connectivity index (χ2v) is 9.03. The number of hydrogen-bond acceptors (Lipinski definition) is 4. The van der Waals surface area contributed by atoms with Crippen LogP contribution in [0, 0.1) is 11.7 Å². The zero-order valence-electron chi connectivity index (χ0n) is 20.0. The molecule has 4 heterocycles. The van der Waals surface area contributed by atoms with Gasteiger partial charge in [-0.2, -0.15) is 18.3 Å². The van der Waals surface area contributed by atoms with E-state index in [4.69, 9.17) is 15.6 Å². The van der Waals surface area contributed by atoms with Crippen LogP contribution in [-0.4, -0.2) is 47.7 Å². The molecule has 13 heteroatoms. The van der Waals surface area contributed by atoms with Gasteiger partial charge < -0.3 is 20.0 Å². The first kappa shape index (κ1) is 25.3. The molecule has 1 aliphatic heterocycles. The highest BCUT2D eigenvalue weighted by Gasteiger charge is 2.38. The first-order valence-corrected chi connectivity index (χ1v) is 11.5. The van der Waals surface area contributed by atoms with Gasteiger partial charge in [0.25, 0.3) is 0 Å². The summed E-state index contributed by atoms with van der Waals surface area (Å²) in [5.74, 6) is -2.29. The molecular weight excluding hydrogens is 508 g/mol. The minimum atomic E-state index is -5.08. The molecule has 0 radical (unpaired) electrons. The maximum atomic E-state index is 14.1. The number of halogens is 4. The first-order chi connectivity index (χ1) is 18.0. The van der Waals surface area contributed by atoms with Gasteiger partial charge in [0.15, 0.2) is 5.82 Å². The minimum absolute atomic E-state index is 0.321. The van der Waals surface area contributed by atoms with Crippen molar-refractivity contribution in [2.24, 2.45) is 18.7 Å². The molecule has 0 amide bonds. The third-order valence-corrected chi connectivity index (χ3v) is 6.64. The molecule has 4 N–H and O–H groups in total. The summed E-state index contributed by atoms with van der Waals surface area (Å²) in [6.07, 6.45) is -2.40. The smallest absolute Gasteiger partial charge is 0.475 e. The maximum absolute atomic E-state index is 14.1. The quantitative estimate of drug-likeness (QED) is 0.308. The van der Waals surface area contributed by atoms with Crippen LogP contribution in [0.1, 0.15) is 5.69 Å². The molecule has 6 rings (SSSR count). The van der Waals surface area contributed by atoms with Crippen molar-refractivity contribution in [1.82, 2.24) is 23.9 Å². The number of alkyl halides is 3. The fourth-order valence-electron chi connectivity index (χ4n) is 4.98.